The van der Waals surface area contributed by atoms with Crippen LogP contribution in [0.25, 0.3) is 17.1 Å². The Labute approximate surface area is 162 Å². The van der Waals surface area contributed by atoms with Crippen LogP contribution in [0.2, 0.25) is 0 Å². The van der Waals surface area contributed by atoms with Gasteiger partial charge in [-0.25, -0.2) is 14.6 Å². The quantitative estimate of drug-likeness (QED) is 0.538. The van der Waals surface area contributed by atoms with E-state index in [9.17, 15) is 4.79 Å². The standard InChI is InChI=1S/C21H19N5O2/c27-20(11-9-18-8-10-19(28-18)16-5-2-1-3-6-16)24-13-17-7-4-12-23-21(17)26-15-22-14-25-26/h1-8,10,12,14-15H,9,11,13H2,(H,24,27). The summed E-state index contributed by atoms with van der Waals surface area (Å²) in [6, 6.07) is 17.5. The van der Waals surface area contributed by atoms with Gasteiger partial charge in [0, 0.05) is 36.7 Å². The Hall–Kier alpha value is -3.74. The summed E-state index contributed by atoms with van der Waals surface area (Å²) < 4.78 is 7.42. The largest absolute Gasteiger partial charge is 0.461 e. The lowest BCUT2D eigenvalue weighted by molar-refractivity contribution is -0.121. The molecule has 1 aromatic carbocycles. The van der Waals surface area contributed by atoms with Crippen molar-refractivity contribution in [3.05, 3.63) is 84.8 Å². The number of furan rings is 1. The fraction of sp³-hybridized carbons (Fsp3) is 0.143. The Balaban J connectivity index is 1.32. The van der Waals surface area contributed by atoms with Crippen LogP contribution in [0, 0.1) is 0 Å². The Morgan fingerprint density at radius 2 is 1.96 bits per heavy atom. The number of carbonyl (C=O) groups is 1. The molecule has 0 atom stereocenters. The van der Waals surface area contributed by atoms with Crippen molar-refractivity contribution in [3.63, 3.8) is 0 Å². The van der Waals surface area contributed by atoms with Crippen LogP contribution in [-0.4, -0.2) is 25.7 Å². The molecule has 0 aliphatic carbocycles. The Morgan fingerprint density at radius 3 is 2.79 bits per heavy atom. The molecule has 140 valence electrons. The lowest BCUT2D eigenvalue weighted by atomic mass is 10.2. The molecule has 1 N–H and O–H groups in total. The van der Waals surface area contributed by atoms with E-state index in [1.165, 1.54) is 6.33 Å². The molecule has 0 unspecified atom stereocenters. The fourth-order valence-electron chi connectivity index (χ4n) is 2.88. The third kappa shape index (κ3) is 4.15. The van der Waals surface area contributed by atoms with E-state index in [0.717, 1.165) is 22.6 Å². The number of aromatic nitrogens is 4. The SMILES string of the molecule is O=C(CCc1ccc(-c2ccccc2)o1)NCc1cccnc1-n1cncn1. The molecule has 0 fully saturated rings. The molecule has 3 aromatic heterocycles. The number of hydrogen-bond acceptors (Lipinski definition) is 5. The molecule has 0 aliphatic rings. The number of pyridine rings is 1. The Morgan fingerprint density at radius 1 is 1.07 bits per heavy atom. The van der Waals surface area contributed by atoms with E-state index in [0.29, 0.717) is 25.2 Å². The van der Waals surface area contributed by atoms with Crippen molar-refractivity contribution in [3.8, 4) is 17.1 Å². The average molecular weight is 373 g/mol. The second-order valence-electron chi connectivity index (χ2n) is 6.23. The van der Waals surface area contributed by atoms with Gasteiger partial charge in [0.1, 0.15) is 24.2 Å². The molecule has 7 nitrogen and oxygen atoms in total. The highest BCUT2D eigenvalue weighted by atomic mass is 16.3. The topological polar surface area (TPSA) is 85.8 Å². The maximum atomic E-state index is 12.3. The fourth-order valence-corrected chi connectivity index (χ4v) is 2.88. The summed E-state index contributed by atoms with van der Waals surface area (Å²) >= 11 is 0. The number of amides is 1. The van der Waals surface area contributed by atoms with Crippen molar-refractivity contribution in [1.82, 2.24) is 25.1 Å². The highest BCUT2D eigenvalue weighted by Crippen LogP contribution is 2.22. The van der Waals surface area contributed by atoms with Crippen molar-refractivity contribution in [1.29, 1.82) is 0 Å². The van der Waals surface area contributed by atoms with E-state index in [1.54, 1.807) is 17.2 Å². The summed E-state index contributed by atoms with van der Waals surface area (Å²) in [7, 11) is 0. The van der Waals surface area contributed by atoms with Crippen molar-refractivity contribution in [2.45, 2.75) is 19.4 Å². The molecule has 0 aliphatic heterocycles. The van der Waals surface area contributed by atoms with Crippen LogP contribution in [-0.2, 0) is 17.8 Å². The highest BCUT2D eigenvalue weighted by molar-refractivity contribution is 5.76. The number of nitrogens with zero attached hydrogens (tertiary/aromatic N) is 4. The van der Waals surface area contributed by atoms with Gasteiger partial charge in [-0.3, -0.25) is 4.79 Å². The van der Waals surface area contributed by atoms with Gasteiger partial charge in [-0.05, 0) is 18.2 Å². The Kier molecular flexibility index (Phi) is 5.24. The van der Waals surface area contributed by atoms with Gasteiger partial charge in [0.15, 0.2) is 5.82 Å². The molecule has 4 rings (SSSR count). The summed E-state index contributed by atoms with van der Waals surface area (Å²) in [5.74, 6) is 2.20. The van der Waals surface area contributed by atoms with E-state index < -0.39 is 0 Å². The second-order valence-corrected chi connectivity index (χ2v) is 6.23. The predicted octanol–water partition coefficient (Wildman–Crippen LogP) is 3.17. The monoisotopic (exact) mass is 373 g/mol. The number of nitrogens with one attached hydrogen (secondary N) is 1. The van der Waals surface area contributed by atoms with Crippen molar-refractivity contribution in [2.75, 3.05) is 0 Å². The first kappa shape index (κ1) is 17.7. The molecule has 0 radical (unpaired) electrons. The van der Waals surface area contributed by atoms with Gasteiger partial charge >= 0.3 is 0 Å². The summed E-state index contributed by atoms with van der Waals surface area (Å²) in [5.41, 5.74) is 1.89. The molecule has 0 saturated carbocycles. The molecule has 3 heterocycles. The lowest BCUT2D eigenvalue weighted by Gasteiger charge is -2.09. The van der Waals surface area contributed by atoms with Crippen LogP contribution in [0.1, 0.15) is 17.7 Å². The first-order valence-corrected chi connectivity index (χ1v) is 8.99. The summed E-state index contributed by atoms with van der Waals surface area (Å²) in [6.07, 6.45) is 5.60. The molecule has 0 saturated heterocycles. The molecule has 4 aromatic rings. The van der Waals surface area contributed by atoms with Crippen molar-refractivity contribution in [2.24, 2.45) is 0 Å². The van der Waals surface area contributed by atoms with E-state index >= 15 is 0 Å². The predicted molar refractivity (Wildman–Crippen MR) is 103 cm³/mol. The minimum absolute atomic E-state index is 0.0499. The lowest BCUT2D eigenvalue weighted by Crippen LogP contribution is -2.24. The summed E-state index contributed by atoms with van der Waals surface area (Å²) in [4.78, 5) is 20.5. The van der Waals surface area contributed by atoms with Crippen LogP contribution >= 0.6 is 0 Å². The van der Waals surface area contributed by atoms with Gasteiger partial charge in [-0.1, -0.05) is 36.4 Å². The Bertz CT molecular complexity index is 1040. The molecule has 0 spiro atoms. The van der Waals surface area contributed by atoms with Crippen LogP contribution < -0.4 is 5.32 Å². The molecule has 0 bridgehead atoms. The number of hydrogen-bond donors (Lipinski definition) is 1. The van der Waals surface area contributed by atoms with E-state index in [-0.39, 0.29) is 5.91 Å². The van der Waals surface area contributed by atoms with E-state index in [4.69, 9.17) is 4.42 Å². The number of rotatable bonds is 7. The third-order valence-corrected chi connectivity index (χ3v) is 4.30. The molecule has 1 amide bonds. The van der Waals surface area contributed by atoms with Gasteiger partial charge in [-0.15, -0.1) is 0 Å². The van der Waals surface area contributed by atoms with Gasteiger partial charge in [0.2, 0.25) is 5.91 Å². The normalized spacial score (nSPS) is 10.7. The molecule has 7 heteroatoms. The smallest absolute Gasteiger partial charge is 0.220 e. The van der Waals surface area contributed by atoms with Gasteiger partial charge in [0.05, 0.1) is 0 Å². The van der Waals surface area contributed by atoms with Crippen LogP contribution in [0.15, 0.2) is 77.9 Å². The summed E-state index contributed by atoms with van der Waals surface area (Å²) in [6.45, 7) is 0.370. The molecular weight excluding hydrogens is 354 g/mol. The minimum atomic E-state index is -0.0499. The van der Waals surface area contributed by atoms with Gasteiger partial charge in [-0.2, -0.15) is 5.10 Å². The van der Waals surface area contributed by atoms with E-state index in [1.807, 2.05) is 54.6 Å². The average Bonchev–Trinajstić information content (AvgIpc) is 3.44. The van der Waals surface area contributed by atoms with Crippen LogP contribution in [0.3, 0.4) is 0 Å². The van der Waals surface area contributed by atoms with Crippen LogP contribution in [0.5, 0.6) is 0 Å². The van der Waals surface area contributed by atoms with E-state index in [2.05, 4.69) is 20.4 Å². The highest BCUT2D eigenvalue weighted by Gasteiger charge is 2.10. The molecular formula is C21H19N5O2. The first-order valence-electron chi connectivity index (χ1n) is 8.99. The number of carbonyl (C=O) groups excluding carboxylic acids is 1. The zero-order valence-electron chi connectivity index (χ0n) is 15.2. The number of aryl methyl sites for hydroxylation is 1. The first-order chi connectivity index (χ1) is 13.8. The van der Waals surface area contributed by atoms with Crippen molar-refractivity contribution < 1.29 is 9.21 Å². The zero-order chi connectivity index (χ0) is 19.2. The van der Waals surface area contributed by atoms with Gasteiger partial charge < -0.3 is 9.73 Å². The third-order valence-electron chi connectivity index (χ3n) is 4.30. The minimum Gasteiger partial charge on any atom is -0.461 e. The van der Waals surface area contributed by atoms with Crippen LogP contribution in [0.4, 0.5) is 0 Å². The summed E-state index contributed by atoms with van der Waals surface area (Å²) in [5, 5.41) is 7.02. The maximum Gasteiger partial charge on any atom is 0.220 e. The van der Waals surface area contributed by atoms with Crippen molar-refractivity contribution >= 4 is 5.91 Å². The maximum absolute atomic E-state index is 12.3. The number of benzene rings is 1. The zero-order valence-corrected chi connectivity index (χ0v) is 15.2. The molecule has 28 heavy (non-hydrogen) atoms. The second kappa shape index (κ2) is 8.30. The van der Waals surface area contributed by atoms with Gasteiger partial charge in [0.25, 0.3) is 0 Å².